The molecule has 5 heteroatoms. The van der Waals surface area contributed by atoms with Crippen LogP contribution in [0.2, 0.25) is 0 Å². The molecule has 0 atom stereocenters. The summed E-state index contributed by atoms with van der Waals surface area (Å²) in [4.78, 5) is 11.5. The van der Waals surface area contributed by atoms with Gasteiger partial charge in [0.15, 0.2) is 0 Å². The van der Waals surface area contributed by atoms with Crippen LogP contribution in [0.5, 0.6) is 0 Å². The molecule has 22 heavy (non-hydrogen) atoms. The molecule has 0 aliphatic heterocycles. The summed E-state index contributed by atoms with van der Waals surface area (Å²) in [5, 5.41) is 5.20. The van der Waals surface area contributed by atoms with E-state index in [1.54, 1.807) is 0 Å². The highest BCUT2D eigenvalue weighted by Gasteiger charge is 1.99. The van der Waals surface area contributed by atoms with E-state index < -0.39 is 0 Å². The van der Waals surface area contributed by atoms with Gasteiger partial charge in [-0.3, -0.25) is 0 Å². The Labute approximate surface area is 130 Å². The average molecular weight is 300 g/mol. The number of rotatable bonds is 8. The number of nitrogens with one attached hydrogen (secondary N) is 2. The summed E-state index contributed by atoms with van der Waals surface area (Å²) in [6, 6.07) is 19.2. The number of ether oxygens (including phenoxy) is 2. The summed E-state index contributed by atoms with van der Waals surface area (Å²) in [5.41, 5.74) is 2.13. The summed E-state index contributed by atoms with van der Waals surface area (Å²) in [6.07, 6.45) is 0. The fourth-order valence-corrected chi connectivity index (χ4v) is 1.78. The number of amides is 2. The Hall–Kier alpha value is -2.37. The molecular weight excluding hydrogens is 280 g/mol. The van der Waals surface area contributed by atoms with E-state index in [0.717, 1.165) is 11.1 Å². The van der Waals surface area contributed by atoms with Crippen LogP contribution in [0.1, 0.15) is 11.1 Å². The first kappa shape index (κ1) is 16.0. The first-order chi connectivity index (χ1) is 10.8. The van der Waals surface area contributed by atoms with Crippen LogP contribution in [0.3, 0.4) is 0 Å². The third-order valence-corrected chi connectivity index (χ3v) is 2.89. The molecule has 0 aliphatic carbocycles. The van der Waals surface area contributed by atoms with E-state index in [1.807, 2.05) is 60.7 Å². The van der Waals surface area contributed by atoms with Crippen molar-refractivity contribution in [3.63, 3.8) is 0 Å². The normalized spacial score (nSPS) is 10.2. The SMILES string of the molecule is O=C(NCOCc1ccccc1)NCOCc1ccccc1. The molecule has 5 nitrogen and oxygen atoms in total. The summed E-state index contributed by atoms with van der Waals surface area (Å²) in [7, 11) is 0. The van der Waals surface area contributed by atoms with Crippen LogP contribution in [0.4, 0.5) is 4.79 Å². The lowest BCUT2D eigenvalue weighted by Crippen LogP contribution is -2.37. The van der Waals surface area contributed by atoms with Crippen LogP contribution in [0.25, 0.3) is 0 Å². The van der Waals surface area contributed by atoms with Gasteiger partial charge in [0.1, 0.15) is 13.5 Å². The Morgan fingerprint density at radius 3 is 1.55 bits per heavy atom. The molecular formula is C17H20N2O3. The lowest BCUT2D eigenvalue weighted by molar-refractivity contribution is 0.0939. The summed E-state index contributed by atoms with van der Waals surface area (Å²) >= 11 is 0. The number of carbonyl (C=O) groups excluding carboxylic acids is 1. The molecule has 0 saturated carbocycles. The van der Waals surface area contributed by atoms with E-state index in [1.165, 1.54) is 0 Å². The molecule has 0 spiro atoms. The fourth-order valence-electron chi connectivity index (χ4n) is 1.78. The molecule has 116 valence electrons. The molecule has 0 heterocycles. The Morgan fingerprint density at radius 1 is 0.727 bits per heavy atom. The first-order valence-electron chi connectivity index (χ1n) is 7.09. The van der Waals surface area contributed by atoms with Crippen molar-refractivity contribution in [1.29, 1.82) is 0 Å². The summed E-state index contributed by atoms with van der Waals surface area (Å²) in [5.74, 6) is 0. The second-order valence-corrected chi connectivity index (χ2v) is 4.64. The lowest BCUT2D eigenvalue weighted by atomic mass is 10.2. The topological polar surface area (TPSA) is 59.6 Å². The lowest BCUT2D eigenvalue weighted by Gasteiger charge is -2.09. The Bertz CT molecular complexity index is 497. The van der Waals surface area contributed by atoms with Gasteiger partial charge in [-0.1, -0.05) is 60.7 Å². The highest BCUT2D eigenvalue weighted by atomic mass is 16.5. The molecule has 0 aromatic heterocycles. The Morgan fingerprint density at radius 2 is 1.14 bits per heavy atom. The van der Waals surface area contributed by atoms with Crippen LogP contribution in [-0.2, 0) is 22.7 Å². The van der Waals surface area contributed by atoms with Crippen LogP contribution in [0, 0.1) is 0 Å². The third kappa shape index (κ3) is 6.39. The first-order valence-corrected chi connectivity index (χ1v) is 7.09. The van der Waals surface area contributed by atoms with Gasteiger partial charge in [0, 0.05) is 0 Å². The number of urea groups is 1. The minimum atomic E-state index is -0.318. The van der Waals surface area contributed by atoms with E-state index >= 15 is 0 Å². The van der Waals surface area contributed by atoms with Gasteiger partial charge in [-0.2, -0.15) is 0 Å². The number of hydrogen-bond acceptors (Lipinski definition) is 3. The average Bonchev–Trinajstić information content (AvgIpc) is 2.57. The third-order valence-electron chi connectivity index (χ3n) is 2.89. The monoisotopic (exact) mass is 300 g/mol. The summed E-state index contributed by atoms with van der Waals surface area (Å²) < 4.78 is 10.7. The van der Waals surface area contributed by atoms with Gasteiger partial charge in [0.2, 0.25) is 0 Å². The maximum atomic E-state index is 11.5. The molecule has 0 fully saturated rings. The van der Waals surface area contributed by atoms with Crippen molar-refractivity contribution in [2.45, 2.75) is 13.2 Å². The highest BCUT2D eigenvalue weighted by Crippen LogP contribution is 2.00. The molecule has 0 radical (unpaired) electrons. The largest absolute Gasteiger partial charge is 0.357 e. The molecule has 2 amide bonds. The minimum absolute atomic E-state index is 0.152. The van der Waals surface area contributed by atoms with Gasteiger partial charge in [0.25, 0.3) is 0 Å². The molecule has 2 N–H and O–H groups in total. The van der Waals surface area contributed by atoms with Crippen molar-refractivity contribution in [2.24, 2.45) is 0 Å². The Balaban J connectivity index is 1.49. The molecule has 2 aromatic carbocycles. The standard InChI is InChI=1S/C17H20N2O3/c20-17(18-13-21-11-15-7-3-1-4-8-15)19-14-22-12-16-9-5-2-6-10-16/h1-10H,11-14H2,(H2,18,19,20). The highest BCUT2D eigenvalue weighted by molar-refractivity contribution is 5.73. The van der Waals surface area contributed by atoms with Crippen LogP contribution in [-0.4, -0.2) is 19.5 Å². The number of carbonyl (C=O) groups is 1. The zero-order chi connectivity index (χ0) is 15.5. The van der Waals surface area contributed by atoms with Crippen LogP contribution < -0.4 is 10.6 Å². The van der Waals surface area contributed by atoms with Crippen molar-refractivity contribution >= 4 is 6.03 Å². The molecule has 0 aliphatic rings. The van der Waals surface area contributed by atoms with E-state index in [4.69, 9.17) is 9.47 Å². The van der Waals surface area contributed by atoms with Gasteiger partial charge < -0.3 is 20.1 Å². The number of hydrogen-bond donors (Lipinski definition) is 2. The zero-order valence-electron chi connectivity index (χ0n) is 12.3. The van der Waals surface area contributed by atoms with Gasteiger partial charge in [-0.15, -0.1) is 0 Å². The second-order valence-electron chi connectivity index (χ2n) is 4.64. The van der Waals surface area contributed by atoms with Crippen molar-refractivity contribution in [3.05, 3.63) is 71.8 Å². The van der Waals surface area contributed by atoms with Gasteiger partial charge in [-0.05, 0) is 11.1 Å². The molecule has 0 unspecified atom stereocenters. The second kappa shape index (κ2) is 9.55. The molecule has 0 bridgehead atoms. The van der Waals surface area contributed by atoms with E-state index in [0.29, 0.717) is 13.2 Å². The van der Waals surface area contributed by atoms with Gasteiger partial charge in [-0.25, -0.2) is 4.79 Å². The molecule has 2 rings (SSSR count). The van der Waals surface area contributed by atoms with Crippen molar-refractivity contribution in [2.75, 3.05) is 13.5 Å². The van der Waals surface area contributed by atoms with Gasteiger partial charge >= 0.3 is 6.03 Å². The van der Waals surface area contributed by atoms with Crippen molar-refractivity contribution < 1.29 is 14.3 Å². The molecule has 0 saturated heterocycles. The zero-order valence-corrected chi connectivity index (χ0v) is 12.3. The minimum Gasteiger partial charge on any atom is -0.357 e. The number of benzene rings is 2. The van der Waals surface area contributed by atoms with Crippen molar-refractivity contribution in [3.8, 4) is 0 Å². The molecule has 2 aromatic rings. The van der Waals surface area contributed by atoms with E-state index in [9.17, 15) is 4.79 Å². The smallest absolute Gasteiger partial charge is 0.318 e. The predicted octanol–water partition coefficient (Wildman–Crippen LogP) is 2.63. The quantitative estimate of drug-likeness (QED) is 0.582. The predicted molar refractivity (Wildman–Crippen MR) is 83.9 cm³/mol. The Kier molecular flexibility index (Phi) is 6.95. The fraction of sp³-hybridized carbons (Fsp3) is 0.235. The summed E-state index contributed by atoms with van der Waals surface area (Å²) in [6.45, 7) is 1.23. The van der Waals surface area contributed by atoms with E-state index in [-0.39, 0.29) is 19.5 Å². The van der Waals surface area contributed by atoms with Crippen LogP contribution >= 0.6 is 0 Å². The maximum absolute atomic E-state index is 11.5. The maximum Gasteiger partial charge on any atom is 0.318 e. The van der Waals surface area contributed by atoms with E-state index in [2.05, 4.69) is 10.6 Å². The van der Waals surface area contributed by atoms with Crippen LogP contribution in [0.15, 0.2) is 60.7 Å². The van der Waals surface area contributed by atoms with Gasteiger partial charge in [0.05, 0.1) is 13.2 Å². The van der Waals surface area contributed by atoms with Crippen molar-refractivity contribution in [1.82, 2.24) is 10.6 Å².